The van der Waals surface area contributed by atoms with Crippen LogP contribution >= 0.6 is 11.8 Å². The summed E-state index contributed by atoms with van der Waals surface area (Å²) in [5, 5.41) is 22.8. The molecule has 0 amide bonds. The van der Waals surface area contributed by atoms with E-state index in [2.05, 4.69) is 0 Å². The van der Waals surface area contributed by atoms with Gasteiger partial charge in [0.1, 0.15) is 0 Å². The van der Waals surface area contributed by atoms with Gasteiger partial charge in [0.2, 0.25) is 0 Å². The Morgan fingerprint density at radius 1 is 1.26 bits per heavy atom. The average Bonchev–Trinajstić information content (AvgIpc) is 2.41. The lowest BCUT2D eigenvalue weighted by atomic mass is 10.1. The highest BCUT2D eigenvalue weighted by molar-refractivity contribution is 7.99. The van der Waals surface area contributed by atoms with Gasteiger partial charge in [-0.1, -0.05) is 12.1 Å². The summed E-state index contributed by atoms with van der Waals surface area (Å²) in [5.41, 5.74) is 0.885. The van der Waals surface area contributed by atoms with Gasteiger partial charge < -0.3 is 5.21 Å². The van der Waals surface area contributed by atoms with Gasteiger partial charge in [0, 0.05) is 29.5 Å². The minimum Gasteiger partial charge on any atom is -0.618 e. The van der Waals surface area contributed by atoms with Gasteiger partial charge in [0.05, 0.1) is 4.92 Å². The maximum Gasteiger partial charge on any atom is 0.269 e. The maximum absolute atomic E-state index is 11.5. The summed E-state index contributed by atoms with van der Waals surface area (Å²) in [4.78, 5) is 10.3. The number of pyridine rings is 1. The van der Waals surface area contributed by atoms with E-state index >= 15 is 0 Å². The molecular weight excluding hydrogens is 264 g/mol. The van der Waals surface area contributed by atoms with Crippen LogP contribution in [0.5, 0.6) is 0 Å². The molecule has 0 saturated heterocycles. The second-order valence-electron chi connectivity index (χ2n) is 3.98. The molecule has 6 heteroatoms. The van der Waals surface area contributed by atoms with E-state index in [4.69, 9.17) is 0 Å². The Bertz CT molecular complexity index is 604. The molecule has 2 rings (SSSR count). The number of aromatic nitrogens is 1. The first-order chi connectivity index (χ1) is 9.08. The van der Waals surface area contributed by atoms with Crippen molar-refractivity contribution in [3.05, 3.63) is 69.5 Å². The maximum atomic E-state index is 11.5. The molecule has 1 heterocycles. The van der Waals surface area contributed by atoms with Gasteiger partial charge in [0.25, 0.3) is 10.7 Å². The smallest absolute Gasteiger partial charge is 0.269 e. The molecule has 0 fully saturated rings. The number of hydrogen-bond acceptors (Lipinski definition) is 4. The molecule has 0 bridgehead atoms. The number of nitrogens with zero attached hydrogens (tertiary/aromatic N) is 2. The minimum absolute atomic E-state index is 0.0394. The molecule has 0 aliphatic heterocycles. The Hall–Kier alpha value is -2.08. The van der Waals surface area contributed by atoms with E-state index in [-0.39, 0.29) is 10.9 Å². The number of nitro benzene ring substituents is 1. The molecule has 1 aromatic heterocycles. The zero-order chi connectivity index (χ0) is 13.8. The van der Waals surface area contributed by atoms with Crippen LogP contribution in [0, 0.1) is 15.3 Å². The van der Waals surface area contributed by atoms with Gasteiger partial charge in [-0.2, -0.15) is 4.73 Å². The van der Waals surface area contributed by atoms with Gasteiger partial charge in [-0.25, -0.2) is 0 Å². The largest absolute Gasteiger partial charge is 0.618 e. The van der Waals surface area contributed by atoms with Crippen LogP contribution in [0.25, 0.3) is 0 Å². The lowest BCUT2D eigenvalue weighted by Crippen LogP contribution is -2.27. The van der Waals surface area contributed by atoms with Gasteiger partial charge >= 0.3 is 0 Å². The molecule has 0 radical (unpaired) electrons. The number of rotatable bonds is 4. The van der Waals surface area contributed by atoms with Crippen molar-refractivity contribution in [3.8, 4) is 0 Å². The third-order valence-corrected chi connectivity index (χ3v) is 3.82. The Labute approximate surface area is 114 Å². The van der Waals surface area contributed by atoms with E-state index < -0.39 is 4.92 Å². The van der Waals surface area contributed by atoms with Crippen LogP contribution in [-0.2, 0) is 0 Å². The Morgan fingerprint density at radius 3 is 2.74 bits per heavy atom. The Balaban J connectivity index is 2.20. The van der Waals surface area contributed by atoms with E-state index in [9.17, 15) is 15.3 Å². The summed E-state index contributed by atoms with van der Waals surface area (Å²) in [6.07, 6.45) is 1.43. The van der Waals surface area contributed by atoms with Crippen LogP contribution in [0.4, 0.5) is 5.69 Å². The molecule has 0 aliphatic rings. The van der Waals surface area contributed by atoms with E-state index in [0.29, 0.717) is 5.03 Å². The van der Waals surface area contributed by atoms with Gasteiger partial charge in [-0.05, 0) is 30.3 Å². The van der Waals surface area contributed by atoms with Crippen LogP contribution in [-0.4, -0.2) is 4.92 Å². The Kier molecular flexibility index (Phi) is 4.01. The molecule has 0 N–H and O–H groups in total. The van der Waals surface area contributed by atoms with Crippen molar-refractivity contribution in [2.45, 2.75) is 17.2 Å². The van der Waals surface area contributed by atoms with Crippen molar-refractivity contribution in [2.75, 3.05) is 0 Å². The predicted octanol–water partition coefficient (Wildman–Crippen LogP) is 3.08. The normalized spacial score (nSPS) is 12.1. The highest BCUT2D eigenvalue weighted by Crippen LogP contribution is 2.33. The van der Waals surface area contributed by atoms with E-state index in [1.54, 1.807) is 24.3 Å². The highest BCUT2D eigenvalue weighted by Gasteiger charge is 2.15. The van der Waals surface area contributed by atoms with Gasteiger partial charge in [-0.15, -0.1) is 0 Å². The first-order valence-corrected chi connectivity index (χ1v) is 6.55. The number of non-ortho nitro benzene ring substituents is 1. The van der Waals surface area contributed by atoms with Crippen LogP contribution in [0.15, 0.2) is 53.7 Å². The number of hydrogen-bond donors (Lipinski definition) is 0. The SMILES string of the molecule is CC(Sc1cccc[n+]1[O-])c1cccc([N+](=O)[O-])c1. The third-order valence-electron chi connectivity index (χ3n) is 2.64. The molecule has 0 saturated carbocycles. The molecule has 1 aromatic carbocycles. The van der Waals surface area contributed by atoms with Crippen molar-refractivity contribution in [3.63, 3.8) is 0 Å². The quantitative estimate of drug-likeness (QED) is 0.283. The van der Waals surface area contributed by atoms with Crippen molar-refractivity contribution >= 4 is 17.4 Å². The fourth-order valence-electron chi connectivity index (χ4n) is 1.64. The first-order valence-electron chi connectivity index (χ1n) is 5.67. The lowest BCUT2D eigenvalue weighted by molar-refractivity contribution is -0.645. The summed E-state index contributed by atoms with van der Waals surface area (Å²) < 4.78 is 0.790. The fourth-order valence-corrected chi connectivity index (χ4v) is 2.61. The summed E-state index contributed by atoms with van der Waals surface area (Å²) >= 11 is 1.37. The third kappa shape index (κ3) is 3.23. The van der Waals surface area contributed by atoms with E-state index in [1.165, 1.54) is 30.1 Å². The monoisotopic (exact) mass is 276 g/mol. The highest BCUT2D eigenvalue weighted by atomic mass is 32.2. The minimum atomic E-state index is -0.419. The molecule has 1 atom stereocenters. The van der Waals surface area contributed by atoms with Crippen LogP contribution < -0.4 is 4.73 Å². The van der Waals surface area contributed by atoms with Gasteiger partial charge in [-0.3, -0.25) is 10.1 Å². The molecule has 2 aromatic rings. The van der Waals surface area contributed by atoms with Crippen LogP contribution in [0.3, 0.4) is 0 Å². The number of nitro groups is 1. The second-order valence-corrected chi connectivity index (χ2v) is 5.34. The molecule has 0 spiro atoms. The van der Waals surface area contributed by atoms with Gasteiger partial charge in [0.15, 0.2) is 6.20 Å². The number of thioether (sulfide) groups is 1. The topological polar surface area (TPSA) is 70.1 Å². The van der Waals surface area contributed by atoms with E-state index in [0.717, 1.165) is 10.3 Å². The lowest BCUT2D eigenvalue weighted by Gasteiger charge is -2.10. The second kappa shape index (κ2) is 5.71. The van der Waals surface area contributed by atoms with Crippen molar-refractivity contribution in [1.82, 2.24) is 0 Å². The van der Waals surface area contributed by atoms with Crippen molar-refractivity contribution < 1.29 is 9.65 Å². The predicted molar refractivity (Wildman–Crippen MR) is 72.8 cm³/mol. The summed E-state index contributed by atoms with van der Waals surface area (Å²) in [6.45, 7) is 1.91. The molecular formula is C13H12N2O3S. The van der Waals surface area contributed by atoms with E-state index in [1.807, 2.05) is 13.0 Å². The Morgan fingerprint density at radius 2 is 2.05 bits per heavy atom. The molecule has 19 heavy (non-hydrogen) atoms. The van der Waals surface area contributed by atoms with Crippen LogP contribution in [0.2, 0.25) is 0 Å². The average molecular weight is 276 g/mol. The van der Waals surface area contributed by atoms with Crippen molar-refractivity contribution in [2.24, 2.45) is 0 Å². The summed E-state index contributed by atoms with van der Waals surface area (Å²) in [7, 11) is 0. The molecule has 1 unspecified atom stereocenters. The molecule has 98 valence electrons. The number of benzene rings is 1. The zero-order valence-electron chi connectivity index (χ0n) is 10.2. The van der Waals surface area contributed by atoms with Crippen molar-refractivity contribution in [1.29, 1.82) is 0 Å². The molecule has 0 aliphatic carbocycles. The molecule has 5 nitrogen and oxygen atoms in total. The first kappa shape index (κ1) is 13.4. The summed E-state index contributed by atoms with van der Waals surface area (Å²) in [6, 6.07) is 11.6. The standard InChI is InChI=1S/C13H12N2O3S/c1-10(19-13-7-2-3-8-14(13)16)11-5-4-6-12(9-11)15(17)18/h2-10H,1H3. The zero-order valence-corrected chi connectivity index (χ0v) is 11.0. The van der Waals surface area contributed by atoms with Crippen LogP contribution in [0.1, 0.15) is 17.7 Å². The fraction of sp³-hybridized carbons (Fsp3) is 0.154. The summed E-state index contributed by atoms with van der Waals surface area (Å²) in [5.74, 6) is 0.